The van der Waals surface area contributed by atoms with E-state index in [1.807, 2.05) is 43.3 Å². The maximum Gasteiger partial charge on any atom is 0.416 e. The molecule has 0 fully saturated rings. The zero-order chi connectivity index (χ0) is 25.4. The Morgan fingerprint density at radius 2 is 1.66 bits per heavy atom. The van der Waals surface area contributed by atoms with Crippen molar-refractivity contribution in [3.63, 3.8) is 0 Å². The Morgan fingerprint density at radius 3 is 2.26 bits per heavy atom. The molecule has 0 aliphatic rings. The fourth-order valence-corrected chi connectivity index (χ4v) is 4.17. The van der Waals surface area contributed by atoms with Gasteiger partial charge in [-0.25, -0.2) is 4.79 Å². The lowest BCUT2D eigenvalue weighted by Crippen LogP contribution is -2.35. The van der Waals surface area contributed by atoms with Gasteiger partial charge in [-0.1, -0.05) is 43.3 Å². The van der Waals surface area contributed by atoms with E-state index in [0.717, 1.165) is 34.8 Å². The van der Waals surface area contributed by atoms with Gasteiger partial charge in [0.2, 0.25) is 0 Å². The molecule has 0 atom stereocenters. The second-order valence-corrected chi connectivity index (χ2v) is 8.97. The average molecular weight is 503 g/mol. The Morgan fingerprint density at radius 1 is 0.971 bits per heavy atom. The first-order valence-electron chi connectivity index (χ1n) is 11.0. The molecule has 0 heterocycles. The number of alkyl halides is 3. The van der Waals surface area contributed by atoms with Crippen LogP contribution in [0.2, 0.25) is 0 Å². The summed E-state index contributed by atoms with van der Waals surface area (Å²) in [4.78, 5) is 27.3. The van der Waals surface area contributed by atoms with Crippen molar-refractivity contribution in [1.29, 1.82) is 0 Å². The molecule has 0 aromatic heterocycles. The molecule has 5 nitrogen and oxygen atoms in total. The van der Waals surface area contributed by atoms with E-state index in [-0.39, 0.29) is 12.1 Å². The van der Waals surface area contributed by atoms with Crippen molar-refractivity contribution in [2.75, 3.05) is 16.8 Å². The summed E-state index contributed by atoms with van der Waals surface area (Å²) in [6.45, 7) is 2.45. The number of amides is 2. The minimum absolute atomic E-state index is 0.0408. The third kappa shape index (κ3) is 7.78. The number of halogens is 3. The molecule has 2 N–H and O–H groups in total. The van der Waals surface area contributed by atoms with E-state index in [2.05, 4.69) is 5.32 Å². The van der Waals surface area contributed by atoms with Gasteiger partial charge in [0.15, 0.2) is 0 Å². The highest BCUT2D eigenvalue weighted by atomic mass is 32.2. The number of hydrogen-bond acceptors (Lipinski definition) is 3. The van der Waals surface area contributed by atoms with Crippen LogP contribution in [-0.2, 0) is 17.4 Å². The van der Waals surface area contributed by atoms with Crippen LogP contribution in [0.15, 0.2) is 82.6 Å². The summed E-state index contributed by atoms with van der Waals surface area (Å²) < 4.78 is 38.4. The molecule has 35 heavy (non-hydrogen) atoms. The second-order valence-electron chi connectivity index (χ2n) is 7.82. The maximum absolute atomic E-state index is 13.0. The molecule has 0 saturated carbocycles. The molecular formula is C26H25F3N2O3S. The molecule has 184 valence electrons. The van der Waals surface area contributed by atoms with Gasteiger partial charge in [0.05, 0.1) is 12.0 Å². The van der Waals surface area contributed by atoms with Gasteiger partial charge in [0.25, 0.3) is 0 Å². The van der Waals surface area contributed by atoms with Crippen LogP contribution in [0.5, 0.6) is 0 Å². The predicted molar refractivity (Wildman–Crippen MR) is 131 cm³/mol. The van der Waals surface area contributed by atoms with Crippen LogP contribution in [0.4, 0.5) is 29.3 Å². The molecule has 0 aliphatic carbocycles. The summed E-state index contributed by atoms with van der Waals surface area (Å²) in [7, 11) is 0. The van der Waals surface area contributed by atoms with Gasteiger partial charge in [-0.05, 0) is 66.6 Å². The summed E-state index contributed by atoms with van der Waals surface area (Å²) in [5.41, 5.74) is 0.868. The molecule has 3 aromatic carbocycles. The molecule has 0 bridgehead atoms. The third-order valence-corrected chi connectivity index (χ3v) is 6.09. The van der Waals surface area contributed by atoms with Gasteiger partial charge >= 0.3 is 18.2 Å². The highest BCUT2D eigenvalue weighted by Crippen LogP contribution is 2.32. The van der Waals surface area contributed by atoms with Crippen LogP contribution in [0.3, 0.4) is 0 Å². The van der Waals surface area contributed by atoms with Crippen molar-refractivity contribution in [1.82, 2.24) is 0 Å². The topological polar surface area (TPSA) is 69.6 Å². The summed E-state index contributed by atoms with van der Waals surface area (Å²) in [5.74, 6) is -0.889. The van der Waals surface area contributed by atoms with Gasteiger partial charge in [0, 0.05) is 27.7 Å². The number of carbonyl (C=O) groups excluding carboxylic acids is 1. The number of urea groups is 1. The van der Waals surface area contributed by atoms with Crippen molar-refractivity contribution in [2.45, 2.75) is 42.2 Å². The van der Waals surface area contributed by atoms with Crippen LogP contribution in [0, 0.1) is 0 Å². The first-order valence-corrected chi connectivity index (χ1v) is 11.8. The van der Waals surface area contributed by atoms with E-state index in [9.17, 15) is 22.8 Å². The Kier molecular flexibility index (Phi) is 8.81. The molecule has 9 heteroatoms. The van der Waals surface area contributed by atoms with Crippen LogP contribution < -0.4 is 10.2 Å². The Balaban J connectivity index is 1.75. The number of nitrogens with one attached hydrogen (secondary N) is 1. The zero-order valence-corrected chi connectivity index (χ0v) is 19.8. The lowest BCUT2D eigenvalue weighted by Gasteiger charge is -2.24. The number of unbranched alkanes of at least 4 members (excludes halogenated alkanes) is 1. The lowest BCUT2D eigenvalue weighted by molar-refractivity contribution is -0.138. The maximum atomic E-state index is 13.0. The van der Waals surface area contributed by atoms with Gasteiger partial charge in [-0.15, -0.1) is 0 Å². The van der Waals surface area contributed by atoms with Gasteiger partial charge in [0.1, 0.15) is 0 Å². The molecule has 2 amide bonds. The fraction of sp³-hybridized carbons (Fsp3) is 0.231. The van der Waals surface area contributed by atoms with Gasteiger partial charge < -0.3 is 10.4 Å². The lowest BCUT2D eigenvalue weighted by atomic mass is 10.2. The van der Waals surface area contributed by atoms with E-state index >= 15 is 0 Å². The van der Waals surface area contributed by atoms with E-state index in [1.165, 1.54) is 23.9 Å². The number of hydrogen-bond donors (Lipinski definition) is 2. The Hall–Kier alpha value is -3.46. The molecule has 0 saturated heterocycles. The minimum Gasteiger partial charge on any atom is -0.481 e. The van der Waals surface area contributed by atoms with Gasteiger partial charge in [-0.3, -0.25) is 9.69 Å². The first kappa shape index (κ1) is 26.2. The van der Waals surface area contributed by atoms with Crippen LogP contribution >= 0.6 is 11.8 Å². The predicted octanol–water partition coefficient (Wildman–Crippen LogP) is 7.32. The number of rotatable bonds is 9. The Labute approximate surface area is 206 Å². The monoisotopic (exact) mass is 502 g/mol. The molecular weight excluding hydrogens is 477 g/mol. The third-order valence-electron chi connectivity index (χ3n) is 5.09. The van der Waals surface area contributed by atoms with E-state index in [4.69, 9.17) is 5.11 Å². The van der Waals surface area contributed by atoms with Crippen molar-refractivity contribution in [3.8, 4) is 0 Å². The average Bonchev–Trinajstić information content (AvgIpc) is 2.80. The molecule has 0 aliphatic heterocycles. The largest absolute Gasteiger partial charge is 0.481 e. The summed E-state index contributed by atoms with van der Waals surface area (Å²) >= 11 is 1.48. The number of benzene rings is 3. The van der Waals surface area contributed by atoms with Crippen molar-refractivity contribution < 1.29 is 27.9 Å². The second kappa shape index (κ2) is 11.8. The summed E-state index contributed by atoms with van der Waals surface area (Å²) in [5, 5.41) is 11.6. The molecule has 3 rings (SSSR count). The van der Waals surface area contributed by atoms with Crippen LogP contribution in [-0.4, -0.2) is 23.7 Å². The number of carboxylic acids is 1. The quantitative estimate of drug-likeness (QED) is 0.322. The highest BCUT2D eigenvalue weighted by molar-refractivity contribution is 7.99. The van der Waals surface area contributed by atoms with E-state index in [0.29, 0.717) is 17.8 Å². The highest BCUT2D eigenvalue weighted by Gasteiger charge is 2.30. The fourth-order valence-electron chi connectivity index (χ4n) is 3.30. The minimum atomic E-state index is -4.44. The number of aliphatic carboxylic acids is 1. The summed E-state index contributed by atoms with van der Waals surface area (Å²) in [6, 6.07) is 18.6. The van der Waals surface area contributed by atoms with Crippen LogP contribution in [0.1, 0.15) is 30.9 Å². The SMILES string of the molecule is CCCCN(C(=O)Nc1ccc(C(F)(F)F)cc1)c1cccc(Sc2ccc(CC(=O)O)cc2)c1. The van der Waals surface area contributed by atoms with Crippen molar-refractivity contribution >= 4 is 35.1 Å². The Bertz CT molecular complexity index is 1150. The number of nitrogens with zero attached hydrogens (tertiary/aromatic N) is 1. The molecule has 0 unspecified atom stereocenters. The zero-order valence-electron chi connectivity index (χ0n) is 19.0. The number of carbonyl (C=O) groups is 2. The van der Waals surface area contributed by atoms with E-state index < -0.39 is 23.7 Å². The van der Waals surface area contributed by atoms with Gasteiger partial charge in [-0.2, -0.15) is 13.2 Å². The standard InChI is InChI=1S/C26H25F3N2O3S/c1-2-3-15-31(25(34)30-20-11-9-19(10-12-20)26(27,28)29)21-5-4-6-23(17-21)35-22-13-7-18(8-14-22)16-24(32)33/h4-14,17H,2-3,15-16H2,1H3,(H,30,34)(H,32,33). The molecule has 0 radical (unpaired) electrons. The molecule has 3 aromatic rings. The van der Waals surface area contributed by atoms with E-state index in [1.54, 1.807) is 17.0 Å². The van der Waals surface area contributed by atoms with Crippen LogP contribution in [0.25, 0.3) is 0 Å². The number of carboxylic acid groups (broad SMARTS) is 1. The summed E-state index contributed by atoms with van der Waals surface area (Å²) in [6.07, 6.45) is -2.87. The first-order chi connectivity index (χ1) is 16.7. The number of anilines is 2. The molecule has 0 spiro atoms. The van der Waals surface area contributed by atoms with Crippen molar-refractivity contribution in [3.05, 3.63) is 83.9 Å². The normalized spacial score (nSPS) is 11.2. The smallest absolute Gasteiger partial charge is 0.416 e. The van der Waals surface area contributed by atoms with Crippen molar-refractivity contribution in [2.24, 2.45) is 0 Å².